The standard InChI is InChI=1S/C6H10F3NO2.ClH/c1-10-4(5(11)12-2)3-6(7,8)9;/h4,10H,3H2,1-2H3;1H/t4-;/m1./s1. The molecule has 0 aromatic rings. The summed E-state index contributed by atoms with van der Waals surface area (Å²) < 4.78 is 39.4. The maximum absolute atomic E-state index is 11.7. The highest BCUT2D eigenvalue weighted by atomic mass is 35.5. The highest BCUT2D eigenvalue weighted by Crippen LogP contribution is 2.21. The summed E-state index contributed by atoms with van der Waals surface area (Å²) in [7, 11) is 2.32. The van der Waals surface area contributed by atoms with Gasteiger partial charge in [-0.1, -0.05) is 0 Å². The molecule has 0 spiro atoms. The predicted octanol–water partition coefficient (Wildman–Crippen LogP) is 1.12. The molecule has 0 fully saturated rings. The molecule has 7 heteroatoms. The zero-order valence-electron chi connectivity index (χ0n) is 7.14. The molecule has 1 atom stereocenters. The molecule has 0 aliphatic heterocycles. The summed E-state index contributed by atoms with van der Waals surface area (Å²) in [6.07, 6.45) is -5.57. The first-order valence-corrected chi connectivity index (χ1v) is 3.22. The Morgan fingerprint density at radius 3 is 2.23 bits per heavy atom. The fraction of sp³-hybridized carbons (Fsp3) is 0.833. The fourth-order valence-corrected chi connectivity index (χ4v) is 0.677. The van der Waals surface area contributed by atoms with Gasteiger partial charge in [0, 0.05) is 0 Å². The van der Waals surface area contributed by atoms with Crippen LogP contribution in [0.15, 0.2) is 0 Å². The van der Waals surface area contributed by atoms with Crippen LogP contribution in [-0.2, 0) is 9.53 Å². The second-order valence-corrected chi connectivity index (χ2v) is 2.18. The van der Waals surface area contributed by atoms with E-state index >= 15 is 0 Å². The number of ether oxygens (including phenoxy) is 1. The van der Waals surface area contributed by atoms with Crippen LogP contribution in [0.25, 0.3) is 0 Å². The van der Waals surface area contributed by atoms with Crippen LogP contribution in [0.3, 0.4) is 0 Å². The molecule has 0 bridgehead atoms. The topological polar surface area (TPSA) is 38.3 Å². The Morgan fingerprint density at radius 2 is 2.00 bits per heavy atom. The number of alkyl halides is 3. The number of nitrogens with one attached hydrogen (secondary N) is 1. The molecule has 0 aliphatic carbocycles. The monoisotopic (exact) mass is 221 g/mol. The van der Waals surface area contributed by atoms with Crippen LogP contribution < -0.4 is 5.32 Å². The van der Waals surface area contributed by atoms with E-state index in [1.807, 2.05) is 0 Å². The van der Waals surface area contributed by atoms with Crippen molar-refractivity contribution in [2.24, 2.45) is 0 Å². The van der Waals surface area contributed by atoms with Crippen LogP contribution in [0.4, 0.5) is 13.2 Å². The third kappa shape index (κ3) is 6.65. The summed E-state index contributed by atoms with van der Waals surface area (Å²) in [6.45, 7) is 0. The summed E-state index contributed by atoms with van der Waals surface area (Å²) in [5.74, 6) is -0.908. The van der Waals surface area contributed by atoms with Crippen molar-refractivity contribution in [1.82, 2.24) is 5.32 Å². The van der Waals surface area contributed by atoms with Crippen molar-refractivity contribution in [3.8, 4) is 0 Å². The lowest BCUT2D eigenvalue weighted by Crippen LogP contribution is -2.38. The molecule has 0 saturated heterocycles. The zero-order chi connectivity index (χ0) is 9.78. The molecular formula is C6H11ClF3NO2. The van der Waals surface area contributed by atoms with Gasteiger partial charge in [0.1, 0.15) is 6.04 Å². The number of carbonyl (C=O) groups excluding carboxylic acids is 1. The molecule has 0 saturated carbocycles. The van der Waals surface area contributed by atoms with Gasteiger partial charge in [-0.05, 0) is 7.05 Å². The molecule has 0 unspecified atom stereocenters. The largest absolute Gasteiger partial charge is 0.468 e. The summed E-state index contributed by atoms with van der Waals surface area (Å²) in [4.78, 5) is 10.6. The van der Waals surface area contributed by atoms with Crippen LogP contribution in [0.2, 0.25) is 0 Å². The Labute approximate surface area is 80.0 Å². The third-order valence-corrected chi connectivity index (χ3v) is 1.27. The van der Waals surface area contributed by atoms with Gasteiger partial charge >= 0.3 is 12.1 Å². The van der Waals surface area contributed by atoms with Crippen LogP contribution in [0, 0.1) is 0 Å². The van der Waals surface area contributed by atoms with Gasteiger partial charge < -0.3 is 10.1 Å². The number of likely N-dealkylation sites (N-methyl/N-ethyl adjacent to an activating group) is 1. The van der Waals surface area contributed by atoms with Gasteiger partial charge in [0.15, 0.2) is 0 Å². The molecule has 0 amide bonds. The van der Waals surface area contributed by atoms with Crippen molar-refractivity contribution in [2.75, 3.05) is 14.2 Å². The fourth-order valence-electron chi connectivity index (χ4n) is 0.677. The second kappa shape index (κ2) is 6.04. The van der Waals surface area contributed by atoms with Gasteiger partial charge in [0.25, 0.3) is 0 Å². The molecule has 0 aromatic carbocycles. The molecule has 0 heterocycles. The number of hydrogen-bond acceptors (Lipinski definition) is 3. The highest BCUT2D eigenvalue weighted by Gasteiger charge is 2.34. The van der Waals surface area contributed by atoms with Gasteiger partial charge in [-0.3, -0.25) is 4.79 Å². The first-order chi connectivity index (χ1) is 5.40. The molecule has 80 valence electrons. The van der Waals surface area contributed by atoms with Crippen LogP contribution in [0.1, 0.15) is 6.42 Å². The van der Waals surface area contributed by atoms with Crippen molar-refractivity contribution in [1.29, 1.82) is 0 Å². The van der Waals surface area contributed by atoms with Crippen molar-refractivity contribution in [3.05, 3.63) is 0 Å². The smallest absolute Gasteiger partial charge is 0.391 e. The number of methoxy groups -OCH3 is 1. The van der Waals surface area contributed by atoms with Crippen molar-refractivity contribution >= 4 is 18.4 Å². The summed E-state index contributed by atoms with van der Waals surface area (Å²) in [6, 6.07) is -1.31. The van der Waals surface area contributed by atoms with Crippen LogP contribution in [-0.4, -0.2) is 32.3 Å². The third-order valence-electron chi connectivity index (χ3n) is 1.27. The number of esters is 1. The summed E-state index contributed by atoms with van der Waals surface area (Å²) in [5.41, 5.74) is 0. The second-order valence-electron chi connectivity index (χ2n) is 2.18. The van der Waals surface area contributed by atoms with Gasteiger partial charge in [-0.25, -0.2) is 0 Å². The van der Waals surface area contributed by atoms with E-state index in [-0.39, 0.29) is 12.4 Å². The molecule has 13 heavy (non-hydrogen) atoms. The lowest BCUT2D eigenvalue weighted by atomic mass is 10.2. The van der Waals surface area contributed by atoms with Gasteiger partial charge in [0.05, 0.1) is 13.5 Å². The van der Waals surface area contributed by atoms with E-state index in [4.69, 9.17) is 0 Å². The average molecular weight is 222 g/mol. The lowest BCUT2D eigenvalue weighted by molar-refractivity contribution is -0.160. The average Bonchev–Trinajstić information content (AvgIpc) is 1.97. The first-order valence-electron chi connectivity index (χ1n) is 3.22. The number of rotatable bonds is 3. The minimum Gasteiger partial charge on any atom is -0.468 e. The Kier molecular flexibility index (Phi) is 6.97. The molecule has 3 nitrogen and oxygen atoms in total. The number of hydrogen-bond donors (Lipinski definition) is 1. The van der Waals surface area contributed by atoms with Crippen molar-refractivity contribution < 1.29 is 22.7 Å². The maximum atomic E-state index is 11.7. The van der Waals surface area contributed by atoms with E-state index in [0.717, 1.165) is 7.11 Å². The van der Waals surface area contributed by atoms with E-state index in [1.54, 1.807) is 0 Å². The SMILES string of the molecule is CN[C@H](CC(F)(F)F)C(=O)OC.Cl. The minimum atomic E-state index is -4.36. The Balaban J connectivity index is 0. The molecule has 0 radical (unpaired) electrons. The maximum Gasteiger partial charge on any atom is 0.391 e. The Bertz CT molecular complexity index is 162. The predicted molar refractivity (Wildman–Crippen MR) is 42.8 cm³/mol. The van der Waals surface area contributed by atoms with Gasteiger partial charge in [-0.15, -0.1) is 12.4 Å². The first kappa shape index (κ1) is 15.0. The van der Waals surface area contributed by atoms with Crippen molar-refractivity contribution in [3.63, 3.8) is 0 Å². The Morgan fingerprint density at radius 1 is 1.54 bits per heavy atom. The Hall–Kier alpha value is -0.490. The highest BCUT2D eigenvalue weighted by molar-refractivity contribution is 5.85. The molecule has 0 aromatic heterocycles. The lowest BCUT2D eigenvalue weighted by Gasteiger charge is -2.14. The van der Waals surface area contributed by atoms with E-state index in [0.29, 0.717) is 0 Å². The quantitative estimate of drug-likeness (QED) is 0.726. The molecule has 1 N–H and O–H groups in total. The minimum absolute atomic E-state index is 0. The summed E-state index contributed by atoms with van der Waals surface area (Å²) in [5, 5.41) is 2.21. The number of halogens is 4. The normalized spacial score (nSPS) is 13.0. The zero-order valence-corrected chi connectivity index (χ0v) is 7.96. The molecule has 0 rings (SSSR count). The number of carbonyl (C=O) groups is 1. The van der Waals surface area contributed by atoms with Crippen molar-refractivity contribution in [2.45, 2.75) is 18.6 Å². The van der Waals surface area contributed by atoms with E-state index in [9.17, 15) is 18.0 Å². The summed E-state index contributed by atoms with van der Waals surface area (Å²) >= 11 is 0. The van der Waals surface area contributed by atoms with Crippen LogP contribution in [0.5, 0.6) is 0 Å². The molecular weight excluding hydrogens is 211 g/mol. The van der Waals surface area contributed by atoms with E-state index in [2.05, 4.69) is 10.1 Å². The van der Waals surface area contributed by atoms with Crippen LogP contribution >= 0.6 is 12.4 Å². The van der Waals surface area contributed by atoms with E-state index < -0.39 is 24.6 Å². The van der Waals surface area contributed by atoms with Gasteiger partial charge in [-0.2, -0.15) is 13.2 Å². The van der Waals surface area contributed by atoms with Gasteiger partial charge in [0.2, 0.25) is 0 Å². The van der Waals surface area contributed by atoms with E-state index in [1.165, 1.54) is 7.05 Å². The molecule has 0 aliphatic rings.